The third kappa shape index (κ3) is 2.96. The van der Waals surface area contributed by atoms with Gasteiger partial charge < -0.3 is 15.8 Å². The van der Waals surface area contributed by atoms with Crippen molar-refractivity contribution >= 4 is 5.91 Å². The van der Waals surface area contributed by atoms with E-state index >= 15 is 0 Å². The zero-order valence-electron chi connectivity index (χ0n) is 8.95. The largest absolute Gasteiger partial charge is 0.381 e. The van der Waals surface area contributed by atoms with Crippen LogP contribution in [0.25, 0.3) is 0 Å². The predicted octanol–water partition coefficient (Wildman–Crippen LogP) is 0.122. The van der Waals surface area contributed by atoms with E-state index in [1.54, 1.807) is 0 Å². The molecule has 1 heterocycles. The lowest BCUT2D eigenvalue weighted by Crippen LogP contribution is -2.46. The molecule has 0 aromatic carbocycles. The highest BCUT2D eigenvalue weighted by Gasteiger charge is 2.25. The van der Waals surface area contributed by atoms with E-state index in [2.05, 4.69) is 19.2 Å². The maximum atomic E-state index is 11.7. The second-order valence-electron chi connectivity index (χ2n) is 4.16. The molecule has 0 saturated carbocycles. The Morgan fingerprint density at radius 3 is 2.79 bits per heavy atom. The van der Waals surface area contributed by atoms with Gasteiger partial charge >= 0.3 is 0 Å². The Hall–Kier alpha value is -0.610. The first-order valence-corrected chi connectivity index (χ1v) is 5.23. The SMILES string of the molecule is CC(C)C(CN)NC(=O)C1CCOC1. The Morgan fingerprint density at radius 2 is 2.36 bits per heavy atom. The summed E-state index contributed by atoms with van der Waals surface area (Å²) in [5, 5.41) is 2.96. The Morgan fingerprint density at radius 1 is 1.64 bits per heavy atom. The zero-order valence-corrected chi connectivity index (χ0v) is 8.95. The summed E-state index contributed by atoms with van der Waals surface area (Å²) in [4.78, 5) is 11.7. The molecular formula is C10H20N2O2. The number of hydrogen-bond acceptors (Lipinski definition) is 3. The highest BCUT2D eigenvalue weighted by Crippen LogP contribution is 2.13. The molecule has 2 atom stereocenters. The standard InChI is InChI=1S/C10H20N2O2/c1-7(2)9(5-11)12-10(13)8-3-4-14-6-8/h7-9H,3-6,11H2,1-2H3,(H,12,13). The summed E-state index contributed by atoms with van der Waals surface area (Å²) in [5.74, 6) is 0.501. The molecule has 1 rings (SSSR count). The topological polar surface area (TPSA) is 64.3 Å². The second kappa shape index (κ2) is 5.32. The Bertz CT molecular complexity index is 189. The van der Waals surface area contributed by atoms with Crippen LogP contribution >= 0.6 is 0 Å². The fraction of sp³-hybridized carbons (Fsp3) is 0.900. The highest BCUT2D eigenvalue weighted by molar-refractivity contribution is 5.79. The minimum atomic E-state index is 0.0304. The van der Waals surface area contributed by atoms with E-state index in [9.17, 15) is 4.79 Å². The lowest BCUT2D eigenvalue weighted by atomic mass is 10.0. The van der Waals surface area contributed by atoms with Crippen LogP contribution in [0.1, 0.15) is 20.3 Å². The first-order chi connectivity index (χ1) is 6.65. The van der Waals surface area contributed by atoms with Crippen molar-refractivity contribution in [1.29, 1.82) is 0 Å². The highest BCUT2D eigenvalue weighted by atomic mass is 16.5. The Labute approximate surface area is 85.2 Å². The van der Waals surface area contributed by atoms with Crippen molar-refractivity contribution in [3.63, 3.8) is 0 Å². The number of ether oxygens (including phenoxy) is 1. The molecule has 82 valence electrons. The van der Waals surface area contributed by atoms with Gasteiger partial charge in [-0.15, -0.1) is 0 Å². The van der Waals surface area contributed by atoms with Gasteiger partial charge in [-0.1, -0.05) is 13.8 Å². The molecule has 0 aromatic heterocycles. The van der Waals surface area contributed by atoms with E-state index < -0.39 is 0 Å². The van der Waals surface area contributed by atoms with E-state index in [0.29, 0.717) is 25.7 Å². The Balaban J connectivity index is 2.37. The molecule has 0 aliphatic carbocycles. The van der Waals surface area contributed by atoms with Crippen molar-refractivity contribution in [2.24, 2.45) is 17.6 Å². The van der Waals surface area contributed by atoms with Crippen LogP contribution in [0.2, 0.25) is 0 Å². The van der Waals surface area contributed by atoms with E-state index in [1.165, 1.54) is 0 Å². The van der Waals surface area contributed by atoms with Crippen molar-refractivity contribution in [3.05, 3.63) is 0 Å². The average molecular weight is 200 g/mol. The van der Waals surface area contributed by atoms with E-state index in [0.717, 1.165) is 6.42 Å². The van der Waals surface area contributed by atoms with Crippen molar-refractivity contribution in [2.45, 2.75) is 26.3 Å². The molecule has 1 amide bonds. The zero-order chi connectivity index (χ0) is 10.6. The van der Waals surface area contributed by atoms with Crippen LogP contribution in [0.4, 0.5) is 0 Å². The third-order valence-corrected chi connectivity index (χ3v) is 2.69. The first kappa shape index (κ1) is 11.5. The van der Waals surface area contributed by atoms with Crippen LogP contribution in [-0.2, 0) is 9.53 Å². The minimum Gasteiger partial charge on any atom is -0.381 e. The number of amides is 1. The summed E-state index contributed by atoms with van der Waals surface area (Å²) in [6.45, 7) is 5.87. The maximum absolute atomic E-state index is 11.7. The fourth-order valence-electron chi connectivity index (χ4n) is 1.54. The number of rotatable bonds is 4. The molecule has 0 aromatic rings. The molecule has 1 aliphatic heterocycles. The van der Waals surface area contributed by atoms with Gasteiger partial charge in [-0.05, 0) is 12.3 Å². The third-order valence-electron chi connectivity index (χ3n) is 2.69. The monoisotopic (exact) mass is 200 g/mol. The van der Waals surface area contributed by atoms with Crippen LogP contribution in [0.3, 0.4) is 0 Å². The molecule has 1 saturated heterocycles. The molecule has 4 nitrogen and oxygen atoms in total. The van der Waals surface area contributed by atoms with Crippen LogP contribution in [0.15, 0.2) is 0 Å². The van der Waals surface area contributed by atoms with Crippen LogP contribution < -0.4 is 11.1 Å². The van der Waals surface area contributed by atoms with E-state index in [1.807, 2.05) is 0 Å². The van der Waals surface area contributed by atoms with Gasteiger partial charge in [0.1, 0.15) is 0 Å². The number of hydrogen-bond donors (Lipinski definition) is 2. The molecule has 3 N–H and O–H groups in total. The predicted molar refractivity (Wildman–Crippen MR) is 54.7 cm³/mol. The number of nitrogens with one attached hydrogen (secondary N) is 1. The molecule has 14 heavy (non-hydrogen) atoms. The molecule has 0 bridgehead atoms. The number of nitrogens with two attached hydrogens (primary N) is 1. The van der Waals surface area contributed by atoms with Gasteiger partial charge in [-0.25, -0.2) is 0 Å². The number of carbonyl (C=O) groups is 1. The van der Waals surface area contributed by atoms with E-state index in [4.69, 9.17) is 10.5 Å². The van der Waals surface area contributed by atoms with E-state index in [-0.39, 0.29) is 17.9 Å². The minimum absolute atomic E-state index is 0.0304. The van der Waals surface area contributed by atoms with Gasteiger partial charge in [0.25, 0.3) is 0 Å². The van der Waals surface area contributed by atoms with Gasteiger partial charge in [0, 0.05) is 19.2 Å². The molecule has 2 unspecified atom stereocenters. The average Bonchev–Trinajstić information content (AvgIpc) is 2.65. The van der Waals surface area contributed by atoms with Crippen molar-refractivity contribution < 1.29 is 9.53 Å². The summed E-state index contributed by atoms with van der Waals surface area (Å²) in [6.07, 6.45) is 0.835. The van der Waals surface area contributed by atoms with Crippen molar-refractivity contribution in [2.75, 3.05) is 19.8 Å². The summed E-state index contributed by atoms with van der Waals surface area (Å²) in [5.41, 5.74) is 5.57. The lowest BCUT2D eigenvalue weighted by molar-refractivity contribution is -0.125. The lowest BCUT2D eigenvalue weighted by Gasteiger charge is -2.22. The van der Waals surface area contributed by atoms with Crippen LogP contribution in [-0.4, -0.2) is 31.7 Å². The first-order valence-electron chi connectivity index (χ1n) is 5.23. The van der Waals surface area contributed by atoms with Crippen molar-refractivity contribution in [3.8, 4) is 0 Å². The molecule has 0 spiro atoms. The van der Waals surface area contributed by atoms with Crippen molar-refractivity contribution in [1.82, 2.24) is 5.32 Å². The molecule has 0 radical (unpaired) electrons. The normalized spacial score (nSPS) is 23.9. The molecule has 1 fully saturated rings. The molecule has 1 aliphatic rings. The Kier molecular flexibility index (Phi) is 4.35. The van der Waals surface area contributed by atoms with Gasteiger partial charge in [-0.2, -0.15) is 0 Å². The number of carbonyl (C=O) groups excluding carboxylic acids is 1. The van der Waals surface area contributed by atoms with Crippen LogP contribution in [0, 0.1) is 11.8 Å². The maximum Gasteiger partial charge on any atom is 0.225 e. The van der Waals surface area contributed by atoms with Gasteiger partial charge in [0.15, 0.2) is 0 Å². The molecular weight excluding hydrogens is 180 g/mol. The summed E-state index contributed by atoms with van der Waals surface area (Å²) >= 11 is 0. The summed E-state index contributed by atoms with van der Waals surface area (Å²) in [6, 6.07) is 0.0862. The van der Waals surface area contributed by atoms with Gasteiger partial charge in [0.2, 0.25) is 5.91 Å². The fourth-order valence-corrected chi connectivity index (χ4v) is 1.54. The summed E-state index contributed by atoms with van der Waals surface area (Å²) < 4.78 is 5.16. The van der Waals surface area contributed by atoms with Gasteiger partial charge in [0.05, 0.1) is 12.5 Å². The smallest absolute Gasteiger partial charge is 0.225 e. The quantitative estimate of drug-likeness (QED) is 0.677. The van der Waals surface area contributed by atoms with Crippen LogP contribution in [0.5, 0.6) is 0 Å². The van der Waals surface area contributed by atoms with Gasteiger partial charge in [-0.3, -0.25) is 4.79 Å². The second-order valence-corrected chi connectivity index (χ2v) is 4.16. The summed E-state index contributed by atoms with van der Waals surface area (Å²) in [7, 11) is 0. The molecule has 4 heteroatoms.